The minimum absolute atomic E-state index is 0.00119. The number of amides is 2. The largest absolute Gasteiger partial charge is 0.383 e. The molecule has 0 fully saturated rings. The van der Waals surface area contributed by atoms with Crippen LogP contribution in [0.5, 0.6) is 0 Å². The fraction of sp³-hybridized carbons (Fsp3) is 0.364. The Kier molecular flexibility index (Phi) is 4.63. The van der Waals surface area contributed by atoms with E-state index in [1.54, 1.807) is 7.11 Å². The molecule has 1 atom stereocenters. The van der Waals surface area contributed by atoms with Crippen LogP contribution in [0.1, 0.15) is 6.92 Å². The molecule has 0 aliphatic rings. The van der Waals surface area contributed by atoms with Gasteiger partial charge < -0.3 is 15.4 Å². The maximum Gasteiger partial charge on any atom is 0.319 e. The molecule has 0 aliphatic carbocycles. The van der Waals surface area contributed by atoms with E-state index in [2.05, 4.69) is 10.6 Å². The maximum absolute atomic E-state index is 11.4. The summed E-state index contributed by atoms with van der Waals surface area (Å²) in [4.78, 5) is 11.4. The molecule has 0 bridgehead atoms. The molecule has 0 aliphatic heterocycles. The summed E-state index contributed by atoms with van der Waals surface area (Å²) >= 11 is 0. The van der Waals surface area contributed by atoms with E-state index >= 15 is 0 Å². The number of carbonyl (C=O) groups is 1. The first-order valence-corrected chi connectivity index (χ1v) is 4.84. The summed E-state index contributed by atoms with van der Waals surface area (Å²) in [5.41, 5.74) is 0.777. The molecule has 4 heteroatoms. The minimum atomic E-state index is -0.217. The van der Waals surface area contributed by atoms with Crippen molar-refractivity contribution >= 4 is 11.7 Å². The van der Waals surface area contributed by atoms with Gasteiger partial charge in [-0.25, -0.2) is 4.79 Å². The van der Waals surface area contributed by atoms with Gasteiger partial charge in [0.1, 0.15) is 0 Å². The Morgan fingerprint density at radius 1 is 1.40 bits per heavy atom. The van der Waals surface area contributed by atoms with Crippen LogP contribution in [-0.2, 0) is 4.74 Å². The van der Waals surface area contributed by atoms with Gasteiger partial charge in [-0.05, 0) is 19.1 Å². The lowest BCUT2D eigenvalue weighted by atomic mass is 10.3. The fourth-order valence-corrected chi connectivity index (χ4v) is 1.20. The lowest BCUT2D eigenvalue weighted by Gasteiger charge is -2.13. The van der Waals surface area contributed by atoms with Crippen molar-refractivity contribution in [3.8, 4) is 0 Å². The number of anilines is 1. The molecular weight excluding hydrogens is 192 g/mol. The number of hydrogen-bond acceptors (Lipinski definition) is 2. The number of rotatable bonds is 4. The van der Waals surface area contributed by atoms with Crippen LogP contribution < -0.4 is 10.6 Å². The van der Waals surface area contributed by atoms with E-state index in [1.807, 2.05) is 37.3 Å². The number of carbonyl (C=O) groups excluding carboxylic acids is 1. The summed E-state index contributed by atoms with van der Waals surface area (Å²) in [5.74, 6) is 0. The molecule has 4 nitrogen and oxygen atoms in total. The van der Waals surface area contributed by atoms with Crippen LogP contribution in [0, 0.1) is 0 Å². The van der Waals surface area contributed by atoms with Crippen LogP contribution in [0.4, 0.5) is 10.5 Å². The molecule has 0 unspecified atom stereocenters. The number of urea groups is 1. The molecular formula is C11H16N2O2. The van der Waals surface area contributed by atoms with E-state index in [1.165, 1.54) is 0 Å². The number of methoxy groups -OCH3 is 1. The Balaban J connectivity index is 2.36. The summed E-state index contributed by atoms with van der Waals surface area (Å²) in [7, 11) is 1.60. The summed E-state index contributed by atoms with van der Waals surface area (Å²) in [6, 6.07) is 9.09. The quantitative estimate of drug-likeness (QED) is 0.793. The number of benzene rings is 1. The highest BCUT2D eigenvalue weighted by atomic mass is 16.5. The van der Waals surface area contributed by atoms with Crippen molar-refractivity contribution in [2.75, 3.05) is 19.0 Å². The van der Waals surface area contributed by atoms with E-state index in [9.17, 15) is 4.79 Å². The van der Waals surface area contributed by atoms with Crippen molar-refractivity contribution in [3.05, 3.63) is 30.3 Å². The summed E-state index contributed by atoms with van der Waals surface area (Å²) in [6.45, 7) is 2.39. The van der Waals surface area contributed by atoms with Crippen LogP contribution in [0.15, 0.2) is 30.3 Å². The van der Waals surface area contributed by atoms with E-state index < -0.39 is 0 Å². The molecule has 1 aromatic carbocycles. The van der Waals surface area contributed by atoms with Gasteiger partial charge in [-0.1, -0.05) is 18.2 Å². The zero-order chi connectivity index (χ0) is 11.1. The van der Waals surface area contributed by atoms with Crippen LogP contribution in [0.2, 0.25) is 0 Å². The van der Waals surface area contributed by atoms with Gasteiger partial charge >= 0.3 is 6.03 Å². The van der Waals surface area contributed by atoms with Gasteiger partial charge in [0.15, 0.2) is 0 Å². The lowest BCUT2D eigenvalue weighted by molar-refractivity contribution is 0.173. The Hall–Kier alpha value is -1.55. The molecule has 1 rings (SSSR count). The van der Waals surface area contributed by atoms with Crippen molar-refractivity contribution in [1.29, 1.82) is 0 Å². The van der Waals surface area contributed by atoms with Crippen LogP contribution >= 0.6 is 0 Å². The summed E-state index contributed by atoms with van der Waals surface area (Å²) in [5, 5.41) is 5.48. The third-order valence-electron chi connectivity index (χ3n) is 1.83. The Morgan fingerprint density at radius 2 is 2.07 bits per heavy atom. The van der Waals surface area contributed by atoms with Crippen molar-refractivity contribution in [3.63, 3.8) is 0 Å². The van der Waals surface area contributed by atoms with Gasteiger partial charge in [0.25, 0.3) is 0 Å². The van der Waals surface area contributed by atoms with Crippen LogP contribution in [-0.4, -0.2) is 25.8 Å². The van der Waals surface area contributed by atoms with E-state index in [4.69, 9.17) is 4.74 Å². The number of para-hydroxylation sites is 1. The van der Waals surface area contributed by atoms with Gasteiger partial charge in [-0.15, -0.1) is 0 Å². The number of ether oxygens (including phenoxy) is 1. The Morgan fingerprint density at radius 3 is 2.67 bits per heavy atom. The normalized spacial score (nSPS) is 11.9. The highest BCUT2D eigenvalue weighted by Crippen LogP contribution is 2.04. The van der Waals surface area contributed by atoms with E-state index in [0.717, 1.165) is 5.69 Å². The van der Waals surface area contributed by atoms with Crippen molar-refractivity contribution in [1.82, 2.24) is 5.32 Å². The van der Waals surface area contributed by atoms with Crippen LogP contribution in [0.3, 0.4) is 0 Å². The molecule has 0 aromatic heterocycles. The zero-order valence-corrected chi connectivity index (χ0v) is 8.99. The first-order valence-electron chi connectivity index (χ1n) is 4.84. The third-order valence-corrected chi connectivity index (χ3v) is 1.83. The molecule has 82 valence electrons. The number of hydrogen-bond donors (Lipinski definition) is 2. The van der Waals surface area contributed by atoms with Crippen molar-refractivity contribution in [2.45, 2.75) is 13.0 Å². The van der Waals surface area contributed by atoms with Gasteiger partial charge in [0, 0.05) is 12.8 Å². The summed E-state index contributed by atoms with van der Waals surface area (Å²) in [6.07, 6.45) is 0. The fourth-order valence-electron chi connectivity index (χ4n) is 1.20. The average Bonchev–Trinajstić information content (AvgIpc) is 2.19. The van der Waals surface area contributed by atoms with Crippen molar-refractivity contribution in [2.24, 2.45) is 0 Å². The topological polar surface area (TPSA) is 50.4 Å². The highest BCUT2D eigenvalue weighted by molar-refractivity contribution is 5.89. The SMILES string of the molecule is COC[C@@H](C)NC(=O)Nc1ccccc1. The predicted octanol–water partition coefficient (Wildman–Crippen LogP) is 1.84. The highest BCUT2D eigenvalue weighted by Gasteiger charge is 2.05. The second kappa shape index (κ2) is 6.03. The molecule has 0 radical (unpaired) electrons. The van der Waals surface area contributed by atoms with Gasteiger partial charge in [0.05, 0.1) is 12.6 Å². The van der Waals surface area contributed by atoms with Gasteiger partial charge in [-0.2, -0.15) is 0 Å². The Labute approximate surface area is 89.6 Å². The average molecular weight is 208 g/mol. The Bertz CT molecular complexity index is 301. The van der Waals surface area contributed by atoms with Gasteiger partial charge in [-0.3, -0.25) is 0 Å². The molecule has 2 amide bonds. The smallest absolute Gasteiger partial charge is 0.319 e. The van der Waals surface area contributed by atoms with Crippen molar-refractivity contribution < 1.29 is 9.53 Å². The maximum atomic E-state index is 11.4. The number of nitrogens with one attached hydrogen (secondary N) is 2. The van der Waals surface area contributed by atoms with Gasteiger partial charge in [0.2, 0.25) is 0 Å². The molecule has 15 heavy (non-hydrogen) atoms. The van der Waals surface area contributed by atoms with E-state index in [0.29, 0.717) is 6.61 Å². The lowest BCUT2D eigenvalue weighted by Crippen LogP contribution is -2.38. The molecule has 0 saturated heterocycles. The monoisotopic (exact) mass is 208 g/mol. The predicted molar refractivity (Wildman–Crippen MR) is 59.9 cm³/mol. The minimum Gasteiger partial charge on any atom is -0.383 e. The second-order valence-corrected chi connectivity index (χ2v) is 3.32. The molecule has 1 aromatic rings. The second-order valence-electron chi connectivity index (χ2n) is 3.32. The molecule has 0 saturated carbocycles. The first-order chi connectivity index (χ1) is 7.22. The first kappa shape index (κ1) is 11.5. The van der Waals surface area contributed by atoms with E-state index in [-0.39, 0.29) is 12.1 Å². The molecule has 2 N–H and O–H groups in total. The molecule has 0 spiro atoms. The summed E-state index contributed by atoms with van der Waals surface area (Å²) < 4.78 is 4.91. The standard InChI is InChI=1S/C11H16N2O2/c1-9(8-15-2)12-11(14)13-10-6-4-3-5-7-10/h3-7,9H,8H2,1-2H3,(H2,12,13,14)/t9-/m1/s1. The zero-order valence-electron chi connectivity index (χ0n) is 8.99. The van der Waals surface area contributed by atoms with Crippen LogP contribution in [0.25, 0.3) is 0 Å². The molecule has 0 heterocycles. The third kappa shape index (κ3) is 4.46.